The second kappa shape index (κ2) is 8.97. The minimum atomic E-state index is -0.533. The number of amides is 1. The van der Waals surface area contributed by atoms with Crippen LogP contribution >= 0.6 is 0 Å². The molecule has 0 atom stereocenters. The third kappa shape index (κ3) is 7.02. The summed E-state index contributed by atoms with van der Waals surface area (Å²) in [6, 6.07) is 9.34. The van der Waals surface area contributed by atoms with E-state index in [1.165, 1.54) is 11.8 Å². The Morgan fingerprint density at radius 2 is 1.77 bits per heavy atom. The third-order valence-electron chi connectivity index (χ3n) is 2.86. The van der Waals surface area contributed by atoms with Crippen molar-refractivity contribution in [2.24, 2.45) is 5.92 Å². The van der Waals surface area contributed by atoms with Gasteiger partial charge >= 0.3 is 6.09 Å². The van der Waals surface area contributed by atoms with E-state index in [4.69, 9.17) is 4.74 Å². The Labute approximate surface area is 131 Å². The van der Waals surface area contributed by atoms with Crippen molar-refractivity contribution < 1.29 is 19.1 Å². The Morgan fingerprint density at radius 1 is 1.14 bits per heavy atom. The van der Waals surface area contributed by atoms with Crippen molar-refractivity contribution in [1.82, 2.24) is 4.90 Å². The molecule has 0 fully saturated rings. The molecule has 0 unspecified atom stereocenters. The van der Waals surface area contributed by atoms with Gasteiger partial charge < -0.3 is 9.64 Å². The zero-order valence-electron chi connectivity index (χ0n) is 13.4. The van der Waals surface area contributed by atoms with E-state index in [0.29, 0.717) is 6.54 Å². The first-order valence-electron chi connectivity index (χ1n) is 7.35. The lowest BCUT2D eigenvalue weighted by atomic mass is 10.2. The monoisotopic (exact) mass is 305 g/mol. The SMILES string of the molecule is CC(=O)CC(=O)CN(CC(C)C)C(=O)OCc1ccccc1. The van der Waals surface area contributed by atoms with Crippen LogP contribution in [0.1, 0.15) is 32.8 Å². The van der Waals surface area contributed by atoms with Crippen molar-refractivity contribution in [3.8, 4) is 0 Å². The summed E-state index contributed by atoms with van der Waals surface area (Å²) in [6.45, 7) is 5.75. The molecule has 0 radical (unpaired) electrons. The van der Waals surface area contributed by atoms with Crippen LogP contribution in [0.5, 0.6) is 0 Å². The highest BCUT2D eigenvalue weighted by Crippen LogP contribution is 2.06. The first kappa shape index (κ1) is 17.9. The molecular weight excluding hydrogens is 282 g/mol. The smallest absolute Gasteiger partial charge is 0.410 e. The van der Waals surface area contributed by atoms with Gasteiger partial charge in [0, 0.05) is 6.54 Å². The van der Waals surface area contributed by atoms with Crippen molar-refractivity contribution in [3.63, 3.8) is 0 Å². The molecule has 0 spiro atoms. The van der Waals surface area contributed by atoms with Crippen LogP contribution < -0.4 is 0 Å². The molecule has 0 aliphatic rings. The predicted octanol–water partition coefficient (Wildman–Crippen LogP) is 2.83. The summed E-state index contributed by atoms with van der Waals surface area (Å²) < 4.78 is 5.25. The number of benzene rings is 1. The lowest BCUT2D eigenvalue weighted by Crippen LogP contribution is -2.39. The van der Waals surface area contributed by atoms with E-state index in [-0.39, 0.29) is 37.1 Å². The first-order valence-corrected chi connectivity index (χ1v) is 7.35. The van der Waals surface area contributed by atoms with Crippen LogP contribution in [0.15, 0.2) is 30.3 Å². The molecule has 1 amide bonds. The van der Waals surface area contributed by atoms with Crippen LogP contribution in [0.4, 0.5) is 4.79 Å². The number of hydrogen-bond acceptors (Lipinski definition) is 4. The molecule has 0 aliphatic heterocycles. The molecule has 5 nitrogen and oxygen atoms in total. The topological polar surface area (TPSA) is 63.7 Å². The number of carbonyl (C=O) groups is 3. The van der Waals surface area contributed by atoms with E-state index < -0.39 is 6.09 Å². The number of nitrogens with zero attached hydrogens (tertiary/aromatic N) is 1. The molecule has 0 N–H and O–H groups in total. The number of rotatable bonds is 8. The Hall–Kier alpha value is -2.17. The molecular formula is C17H23NO4. The number of ketones is 2. The quantitative estimate of drug-likeness (QED) is 0.693. The highest BCUT2D eigenvalue weighted by Gasteiger charge is 2.20. The first-order chi connectivity index (χ1) is 10.4. The van der Waals surface area contributed by atoms with Gasteiger partial charge in [0.05, 0.1) is 13.0 Å². The largest absolute Gasteiger partial charge is 0.445 e. The van der Waals surface area contributed by atoms with Crippen LogP contribution in [0.3, 0.4) is 0 Å². The van der Waals surface area contributed by atoms with Crippen LogP contribution in [-0.2, 0) is 20.9 Å². The number of hydrogen-bond donors (Lipinski definition) is 0. The van der Waals surface area contributed by atoms with Crippen molar-refractivity contribution in [1.29, 1.82) is 0 Å². The summed E-state index contributed by atoms with van der Waals surface area (Å²) >= 11 is 0. The Bertz CT molecular complexity index is 511. The molecule has 22 heavy (non-hydrogen) atoms. The highest BCUT2D eigenvalue weighted by atomic mass is 16.6. The van der Waals surface area contributed by atoms with Gasteiger partial charge in [-0.3, -0.25) is 9.59 Å². The van der Waals surface area contributed by atoms with Gasteiger partial charge in [-0.15, -0.1) is 0 Å². The van der Waals surface area contributed by atoms with Gasteiger partial charge in [0.2, 0.25) is 0 Å². The number of ether oxygens (including phenoxy) is 1. The average Bonchev–Trinajstić information content (AvgIpc) is 2.43. The zero-order chi connectivity index (χ0) is 16.5. The normalized spacial score (nSPS) is 10.4. The Kier molecular flexibility index (Phi) is 7.29. The van der Waals surface area contributed by atoms with Gasteiger partial charge in [-0.2, -0.15) is 0 Å². The van der Waals surface area contributed by atoms with Gasteiger partial charge in [-0.1, -0.05) is 44.2 Å². The zero-order valence-corrected chi connectivity index (χ0v) is 13.4. The maximum atomic E-state index is 12.1. The molecule has 0 bridgehead atoms. The lowest BCUT2D eigenvalue weighted by molar-refractivity contribution is -0.126. The maximum absolute atomic E-state index is 12.1. The maximum Gasteiger partial charge on any atom is 0.410 e. The molecule has 0 heterocycles. The molecule has 5 heteroatoms. The van der Waals surface area contributed by atoms with Crippen LogP contribution in [-0.4, -0.2) is 35.6 Å². The molecule has 1 aromatic rings. The van der Waals surface area contributed by atoms with E-state index in [1.54, 1.807) is 0 Å². The van der Waals surface area contributed by atoms with Gasteiger partial charge in [0.15, 0.2) is 5.78 Å². The van der Waals surface area contributed by atoms with Crippen molar-refractivity contribution in [3.05, 3.63) is 35.9 Å². The second-order valence-corrected chi connectivity index (χ2v) is 5.73. The summed E-state index contributed by atoms with van der Waals surface area (Å²) in [5, 5.41) is 0. The molecule has 1 aromatic carbocycles. The van der Waals surface area contributed by atoms with Gasteiger partial charge in [0.25, 0.3) is 0 Å². The minimum absolute atomic E-state index is 0.0919. The molecule has 120 valence electrons. The second-order valence-electron chi connectivity index (χ2n) is 5.73. The van der Waals surface area contributed by atoms with Crippen LogP contribution in [0.2, 0.25) is 0 Å². The van der Waals surface area contributed by atoms with Gasteiger partial charge in [-0.25, -0.2) is 4.79 Å². The van der Waals surface area contributed by atoms with Crippen LogP contribution in [0, 0.1) is 5.92 Å². The Morgan fingerprint density at radius 3 is 2.32 bits per heavy atom. The van der Waals surface area contributed by atoms with E-state index in [1.807, 2.05) is 44.2 Å². The summed E-state index contributed by atoms with van der Waals surface area (Å²) in [5.74, 6) is -0.272. The van der Waals surface area contributed by atoms with Gasteiger partial charge in [-0.05, 0) is 18.4 Å². The molecule has 0 aromatic heterocycles. The number of Topliss-reactive ketones (excluding diaryl/α,β-unsaturated/α-hetero) is 2. The van der Waals surface area contributed by atoms with E-state index in [0.717, 1.165) is 5.56 Å². The van der Waals surface area contributed by atoms with Crippen molar-refractivity contribution in [2.75, 3.05) is 13.1 Å². The lowest BCUT2D eigenvalue weighted by Gasteiger charge is -2.23. The molecule has 0 saturated heterocycles. The van der Waals surface area contributed by atoms with E-state index in [9.17, 15) is 14.4 Å². The Balaban J connectivity index is 2.59. The standard InChI is InChI=1S/C17H23NO4/c1-13(2)10-18(11-16(20)9-14(3)19)17(21)22-12-15-7-5-4-6-8-15/h4-8,13H,9-12H2,1-3H3. The number of carbonyl (C=O) groups excluding carboxylic acids is 3. The average molecular weight is 305 g/mol. The third-order valence-corrected chi connectivity index (χ3v) is 2.86. The molecule has 1 rings (SSSR count). The summed E-state index contributed by atoms with van der Waals surface area (Å²) in [6.07, 6.45) is -0.685. The fraction of sp³-hybridized carbons (Fsp3) is 0.471. The van der Waals surface area contributed by atoms with Crippen LogP contribution in [0.25, 0.3) is 0 Å². The summed E-state index contributed by atoms with van der Waals surface area (Å²) in [4.78, 5) is 36.2. The van der Waals surface area contributed by atoms with Gasteiger partial charge in [0.1, 0.15) is 12.4 Å². The summed E-state index contributed by atoms with van der Waals surface area (Å²) in [5.41, 5.74) is 0.885. The van der Waals surface area contributed by atoms with E-state index >= 15 is 0 Å². The molecule has 0 aliphatic carbocycles. The minimum Gasteiger partial charge on any atom is -0.445 e. The fourth-order valence-corrected chi connectivity index (χ4v) is 2.00. The van der Waals surface area contributed by atoms with E-state index in [2.05, 4.69) is 0 Å². The fourth-order valence-electron chi connectivity index (χ4n) is 2.00. The molecule has 0 saturated carbocycles. The predicted molar refractivity (Wildman–Crippen MR) is 83.3 cm³/mol. The van der Waals surface area contributed by atoms with Crippen molar-refractivity contribution >= 4 is 17.7 Å². The summed E-state index contributed by atoms with van der Waals surface area (Å²) in [7, 11) is 0. The highest BCUT2D eigenvalue weighted by molar-refractivity contribution is 5.99. The van der Waals surface area contributed by atoms with Crippen molar-refractivity contribution in [2.45, 2.75) is 33.8 Å².